The van der Waals surface area contributed by atoms with E-state index >= 15 is 0 Å². The monoisotopic (exact) mass is 258 g/mol. The maximum Gasteiger partial charge on any atom is 0.0438 e. The largest absolute Gasteiger partial charge is 0.365 e. The highest BCUT2D eigenvalue weighted by Crippen LogP contribution is 2.42. The molecule has 2 heteroatoms. The van der Waals surface area contributed by atoms with Crippen LogP contribution >= 0.6 is 0 Å². The summed E-state index contributed by atoms with van der Waals surface area (Å²) >= 11 is 0. The molecule has 2 atom stereocenters. The second kappa shape index (κ2) is 4.82. The van der Waals surface area contributed by atoms with Crippen molar-refractivity contribution in [1.82, 2.24) is 5.32 Å². The minimum absolute atomic E-state index is 0.307. The molecule has 0 aromatic heterocycles. The van der Waals surface area contributed by atoms with Crippen molar-refractivity contribution in [2.45, 2.75) is 45.2 Å². The minimum Gasteiger partial charge on any atom is -0.365 e. The fourth-order valence-corrected chi connectivity index (χ4v) is 3.47. The highest BCUT2D eigenvalue weighted by Gasteiger charge is 2.46. The van der Waals surface area contributed by atoms with Gasteiger partial charge in [0.05, 0.1) is 0 Å². The molecule has 3 rings (SSSR count). The van der Waals surface area contributed by atoms with Crippen molar-refractivity contribution < 1.29 is 0 Å². The number of hydrogen-bond acceptors (Lipinski definition) is 2. The van der Waals surface area contributed by atoms with E-state index in [4.69, 9.17) is 0 Å². The molecular formula is C17H26N2. The molecule has 2 nitrogen and oxygen atoms in total. The number of hydrogen-bond donors (Lipinski definition) is 1. The van der Waals surface area contributed by atoms with Gasteiger partial charge >= 0.3 is 0 Å². The predicted octanol–water partition coefficient (Wildman–Crippen LogP) is 3.29. The molecule has 1 saturated carbocycles. The van der Waals surface area contributed by atoms with Crippen molar-refractivity contribution >= 4 is 5.69 Å². The van der Waals surface area contributed by atoms with Crippen LogP contribution in [0.3, 0.4) is 0 Å². The second-order valence-electron chi connectivity index (χ2n) is 6.85. The Balaban J connectivity index is 1.86. The number of para-hydroxylation sites is 1. The van der Waals surface area contributed by atoms with Gasteiger partial charge in [0.2, 0.25) is 0 Å². The molecule has 2 aliphatic rings. The van der Waals surface area contributed by atoms with E-state index in [0.29, 0.717) is 17.5 Å². The van der Waals surface area contributed by atoms with Gasteiger partial charge in [0, 0.05) is 30.4 Å². The van der Waals surface area contributed by atoms with Gasteiger partial charge < -0.3 is 10.2 Å². The summed E-state index contributed by atoms with van der Waals surface area (Å²) in [6.45, 7) is 9.34. The third-order valence-corrected chi connectivity index (χ3v) is 4.95. The smallest absolute Gasteiger partial charge is 0.0438 e. The predicted molar refractivity (Wildman–Crippen MR) is 81.5 cm³/mol. The Bertz CT molecular complexity index is 424. The number of rotatable bonds is 3. The average molecular weight is 258 g/mol. The van der Waals surface area contributed by atoms with Crippen molar-refractivity contribution in [1.29, 1.82) is 0 Å². The maximum absolute atomic E-state index is 3.85. The van der Waals surface area contributed by atoms with Crippen LogP contribution in [0.2, 0.25) is 0 Å². The summed E-state index contributed by atoms with van der Waals surface area (Å²) in [5, 5.41) is 3.85. The number of nitrogens with zero attached hydrogens (tertiary/aromatic N) is 1. The first-order chi connectivity index (χ1) is 9.10. The van der Waals surface area contributed by atoms with Crippen molar-refractivity contribution in [3.8, 4) is 0 Å². The Labute approximate surface area is 117 Å². The molecular weight excluding hydrogens is 232 g/mol. The van der Waals surface area contributed by atoms with Crippen LogP contribution in [0, 0.1) is 11.8 Å². The fourth-order valence-electron chi connectivity index (χ4n) is 3.47. The van der Waals surface area contributed by atoms with E-state index in [-0.39, 0.29) is 0 Å². The van der Waals surface area contributed by atoms with Crippen LogP contribution in [0.5, 0.6) is 0 Å². The van der Waals surface area contributed by atoms with Crippen LogP contribution in [-0.4, -0.2) is 24.7 Å². The molecule has 1 N–H and O–H groups in total. The van der Waals surface area contributed by atoms with Gasteiger partial charge in [-0.1, -0.05) is 32.0 Å². The van der Waals surface area contributed by atoms with Crippen LogP contribution < -0.4 is 10.2 Å². The molecule has 0 spiro atoms. The van der Waals surface area contributed by atoms with E-state index in [1.54, 1.807) is 0 Å². The molecule has 1 saturated heterocycles. The first kappa shape index (κ1) is 13.0. The summed E-state index contributed by atoms with van der Waals surface area (Å²) in [4.78, 5) is 2.64. The summed E-state index contributed by atoms with van der Waals surface area (Å²) < 4.78 is 0. The molecule has 0 bridgehead atoms. The summed E-state index contributed by atoms with van der Waals surface area (Å²) in [6.07, 6.45) is 2.80. The van der Waals surface area contributed by atoms with Crippen LogP contribution in [0.1, 0.15) is 33.6 Å². The van der Waals surface area contributed by atoms with Crippen LogP contribution in [0.25, 0.3) is 0 Å². The summed E-state index contributed by atoms with van der Waals surface area (Å²) in [5.41, 5.74) is 1.69. The Morgan fingerprint density at radius 1 is 1.21 bits per heavy atom. The first-order valence-electron chi connectivity index (χ1n) is 7.67. The van der Waals surface area contributed by atoms with Gasteiger partial charge in [0.15, 0.2) is 0 Å². The Hall–Kier alpha value is -1.02. The lowest BCUT2D eigenvalue weighted by Gasteiger charge is -2.49. The highest BCUT2D eigenvalue weighted by molar-refractivity contribution is 5.49. The summed E-state index contributed by atoms with van der Waals surface area (Å²) in [5.74, 6) is 1.56. The molecule has 2 fully saturated rings. The molecule has 1 heterocycles. The van der Waals surface area contributed by atoms with Crippen molar-refractivity contribution in [3.63, 3.8) is 0 Å². The third-order valence-electron chi connectivity index (χ3n) is 4.95. The molecule has 1 aromatic rings. The zero-order chi connectivity index (χ0) is 13.5. The van der Waals surface area contributed by atoms with Gasteiger partial charge in [0.1, 0.15) is 0 Å². The number of piperazine rings is 1. The van der Waals surface area contributed by atoms with Crippen LogP contribution in [0.15, 0.2) is 30.3 Å². The molecule has 1 aliphatic heterocycles. The lowest BCUT2D eigenvalue weighted by molar-refractivity contribution is 0.233. The minimum atomic E-state index is 0.307. The van der Waals surface area contributed by atoms with E-state index in [1.807, 2.05) is 0 Å². The number of benzene rings is 1. The number of nitrogens with one attached hydrogen (secondary N) is 1. The zero-order valence-electron chi connectivity index (χ0n) is 12.4. The first-order valence-corrected chi connectivity index (χ1v) is 7.67. The van der Waals surface area contributed by atoms with Gasteiger partial charge in [0.25, 0.3) is 0 Å². The lowest BCUT2D eigenvalue weighted by Crippen LogP contribution is -2.65. The van der Waals surface area contributed by atoms with Gasteiger partial charge in [-0.2, -0.15) is 0 Å². The SMILES string of the molecule is CC(C)C1CNC(C)(C2CC2)CN1c1ccccc1. The topological polar surface area (TPSA) is 15.3 Å². The van der Waals surface area contributed by atoms with Crippen LogP contribution in [0.4, 0.5) is 5.69 Å². The van der Waals surface area contributed by atoms with E-state index in [9.17, 15) is 0 Å². The van der Waals surface area contributed by atoms with Gasteiger partial charge in [-0.25, -0.2) is 0 Å². The molecule has 2 unspecified atom stereocenters. The molecule has 0 amide bonds. The second-order valence-corrected chi connectivity index (χ2v) is 6.85. The molecule has 104 valence electrons. The standard InChI is InChI=1S/C17H26N2/c1-13(2)16-11-18-17(3,14-9-10-14)12-19(16)15-7-5-4-6-8-15/h4-8,13-14,16,18H,9-12H2,1-3H3. The third kappa shape index (κ3) is 2.51. The Morgan fingerprint density at radius 3 is 2.47 bits per heavy atom. The highest BCUT2D eigenvalue weighted by atomic mass is 15.3. The van der Waals surface area contributed by atoms with Crippen LogP contribution in [-0.2, 0) is 0 Å². The average Bonchev–Trinajstić information content (AvgIpc) is 3.24. The molecule has 1 aliphatic carbocycles. The maximum atomic E-state index is 3.85. The van der Waals surface area contributed by atoms with Crippen molar-refractivity contribution in [2.24, 2.45) is 11.8 Å². The molecule has 19 heavy (non-hydrogen) atoms. The summed E-state index contributed by atoms with van der Waals surface area (Å²) in [7, 11) is 0. The van der Waals surface area contributed by atoms with Crippen molar-refractivity contribution in [2.75, 3.05) is 18.0 Å². The number of anilines is 1. The normalized spacial score (nSPS) is 31.8. The van der Waals surface area contributed by atoms with Gasteiger partial charge in [-0.05, 0) is 43.7 Å². The molecule has 0 radical (unpaired) electrons. The Kier molecular flexibility index (Phi) is 3.30. The van der Waals surface area contributed by atoms with E-state index in [2.05, 4.69) is 61.3 Å². The van der Waals surface area contributed by atoms with E-state index in [0.717, 1.165) is 19.0 Å². The van der Waals surface area contributed by atoms with E-state index in [1.165, 1.54) is 18.5 Å². The zero-order valence-corrected chi connectivity index (χ0v) is 12.4. The molecule has 1 aromatic carbocycles. The fraction of sp³-hybridized carbons (Fsp3) is 0.647. The van der Waals surface area contributed by atoms with E-state index < -0.39 is 0 Å². The quantitative estimate of drug-likeness (QED) is 0.895. The lowest BCUT2D eigenvalue weighted by atomic mass is 9.87. The summed E-state index contributed by atoms with van der Waals surface area (Å²) in [6, 6.07) is 11.5. The van der Waals surface area contributed by atoms with Gasteiger partial charge in [-0.3, -0.25) is 0 Å². The Morgan fingerprint density at radius 2 is 1.89 bits per heavy atom. The van der Waals surface area contributed by atoms with Crippen molar-refractivity contribution in [3.05, 3.63) is 30.3 Å². The van der Waals surface area contributed by atoms with Gasteiger partial charge in [-0.15, -0.1) is 0 Å².